The number of nitrogens with zero attached hydrogens (tertiary/aromatic N) is 2. The molecule has 0 N–H and O–H groups in total. The van der Waals surface area contributed by atoms with Gasteiger partial charge in [-0.1, -0.05) is 53.2 Å². The number of aromatic nitrogens is 1. The van der Waals surface area contributed by atoms with Gasteiger partial charge in [-0.2, -0.15) is 0 Å². The minimum Gasteiger partial charge on any atom is -0.360 e. The fourth-order valence-electron chi connectivity index (χ4n) is 2.89. The third kappa shape index (κ3) is 3.17. The average molecular weight is 355 g/mol. The third-order valence-corrected chi connectivity index (χ3v) is 4.50. The summed E-state index contributed by atoms with van der Waals surface area (Å²) in [5.74, 6) is 0.331. The maximum absolute atomic E-state index is 13.3. The van der Waals surface area contributed by atoms with Crippen LogP contribution in [0.2, 0.25) is 5.02 Å². The van der Waals surface area contributed by atoms with Crippen molar-refractivity contribution in [2.75, 3.05) is 11.4 Å². The molecule has 0 spiro atoms. The van der Waals surface area contributed by atoms with E-state index in [2.05, 4.69) is 5.16 Å². The second-order valence-electron chi connectivity index (χ2n) is 5.78. The quantitative estimate of drug-likeness (QED) is 0.640. The van der Waals surface area contributed by atoms with Crippen molar-refractivity contribution in [2.45, 2.75) is 20.8 Å². The average Bonchev–Trinajstić information content (AvgIpc) is 2.99. The van der Waals surface area contributed by atoms with Gasteiger partial charge in [0, 0.05) is 17.8 Å². The van der Waals surface area contributed by atoms with Gasteiger partial charge in [-0.25, -0.2) is 0 Å². The van der Waals surface area contributed by atoms with E-state index in [1.165, 1.54) is 0 Å². The molecule has 1 heterocycles. The van der Waals surface area contributed by atoms with Crippen LogP contribution < -0.4 is 4.90 Å². The Morgan fingerprint density at radius 2 is 1.80 bits per heavy atom. The molecule has 0 radical (unpaired) electrons. The number of halogens is 1. The van der Waals surface area contributed by atoms with E-state index in [4.69, 9.17) is 16.1 Å². The van der Waals surface area contributed by atoms with Crippen LogP contribution in [0.25, 0.3) is 11.3 Å². The van der Waals surface area contributed by atoms with Crippen LogP contribution >= 0.6 is 11.6 Å². The zero-order valence-electron chi connectivity index (χ0n) is 14.4. The number of carbonyl (C=O) groups excluding carboxylic acids is 1. The SMILES string of the molecule is CCN(C(=O)c1c(-c2ccccc2Cl)noc1C)c1ccccc1C. The zero-order chi connectivity index (χ0) is 18.0. The first kappa shape index (κ1) is 17.2. The maximum atomic E-state index is 13.3. The van der Waals surface area contributed by atoms with Crippen LogP contribution in [0.1, 0.15) is 28.6 Å². The van der Waals surface area contributed by atoms with Crippen LogP contribution in [-0.4, -0.2) is 17.6 Å². The summed E-state index contributed by atoms with van der Waals surface area (Å²) in [4.78, 5) is 15.0. The van der Waals surface area contributed by atoms with E-state index in [1.54, 1.807) is 17.9 Å². The minimum atomic E-state index is -0.148. The van der Waals surface area contributed by atoms with Gasteiger partial charge < -0.3 is 9.42 Å². The van der Waals surface area contributed by atoms with Crippen molar-refractivity contribution in [1.29, 1.82) is 0 Å². The van der Waals surface area contributed by atoms with Gasteiger partial charge in [0.15, 0.2) is 0 Å². The number of hydrogen-bond donors (Lipinski definition) is 0. The molecule has 0 saturated carbocycles. The second kappa shape index (κ2) is 7.11. The number of rotatable bonds is 4. The lowest BCUT2D eigenvalue weighted by molar-refractivity contribution is 0.0987. The molecular weight excluding hydrogens is 336 g/mol. The van der Waals surface area contributed by atoms with E-state index in [-0.39, 0.29) is 5.91 Å². The lowest BCUT2D eigenvalue weighted by Gasteiger charge is -2.23. The highest BCUT2D eigenvalue weighted by atomic mass is 35.5. The standard InChI is InChI=1S/C20H19ClN2O2/c1-4-23(17-12-8-5-9-13(17)2)20(24)18-14(3)25-22-19(18)15-10-6-7-11-16(15)21/h5-12H,4H2,1-3H3. The Morgan fingerprint density at radius 3 is 2.48 bits per heavy atom. The number of aryl methyl sites for hydroxylation is 2. The van der Waals surface area contributed by atoms with Crippen LogP contribution in [0.4, 0.5) is 5.69 Å². The van der Waals surface area contributed by atoms with Crippen molar-refractivity contribution < 1.29 is 9.32 Å². The monoisotopic (exact) mass is 354 g/mol. The summed E-state index contributed by atoms with van der Waals surface area (Å²) in [6.07, 6.45) is 0. The molecule has 0 unspecified atom stereocenters. The highest BCUT2D eigenvalue weighted by Crippen LogP contribution is 2.33. The van der Waals surface area contributed by atoms with Crippen molar-refractivity contribution in [2.24, 2.45) is 0 Å². The summed E-state index contributed by atoms with van der Waals surface area (Å²) < 4.78 is 5.33. The van der Waals surface area contributed by atoms with Crippen molar-refractivity contribution in [3.05, 3.63) is 70.4 Å². The molecule has 0 aliphatic heterocycles. The Hall–Kier alpha value is -2.59. The molecule has 4 nitrogen and oxygen atoms in total. The fourth-order valence-corrected chi connectivity index (χ4v) is 3.11. The topological polar surface area (TPSA) is 46.3 Å². The summed E-state index contributed by atoms with van der Waals surface area (Å²) in [7, 11) is 0. The van der Waals surface area contributed by atoms with E-state index < -0.39 is 0 Å². The van der Waals surface area contributed by atoms with Gasteiger partial charge in [-0.05, 0) is 38.5 Å². The minimum absolute atomic E-state index is 0.148. The molecule has 1 amide bonds. The molecule has 0 aliphatic carbocycles. The summed E-state index contributed by atoms with van der Waals surface area (Å²) in [5.41, 5.74) is 3.51. The molecule has 3 aromatic rings. The Balaban J connectivity index is 2.10. The number of hydrogen-bond acceptors (Lipinski definition) is 3. The molecule has 0 saturated heterocycles. The van der Waals surface area contributed by atoms with E-state index in [0.717, 1.165) is 11.3 Å². The van der Waals surface area contributed by atoms with Crippen LogP contribution in [-0.2, 0) is 0 Å². The highest BCUT2D eigenvalue weighted by molar-refractivity contribution is 6.33. The van der Waals surface area contributed by atoms with Gasteiger partial charge in [-0.15, -0.1) is 0 Å². The molecule has 128 valence electrons. The van der Waals surface area contributed by atoms with Crippen LogP contribution in [0, 0.1) is 13.8 Å². The number of carbonyl (C=O) groups is 1. The van der Waals surface area contributed by atoms with E-state index in [0.29, 0.717) is 34.1 Å². The molecule has 0 atom stereocenters. The molecule has 5 heteroatoms. The first-order valence-electron chi connectivity index (χ1n) is 8.13. The molecule has 3 rings (SSSR count). The van der Waals surface area contributed by atoms with Crippen molar-refractivity contribution in [3.63, 3.8) is 0 Å². The van der Waals surface area contributed by atoms with Gasteiger partial charge in [0.1, 0.15) is 17.0 Å². The lowest BCUT2D eigenvalue weighted by atomic mass is 10.0. The molecule has 2 aromatic carbocycles. The molecular formula is C20H19ClN2O2. The van der Waals surface area contributed by atoms with Crippen LogP contribution in [0.5, 0.6) is 0 Å². The van der Waals surface area contributed by atoms with Crippen LogP contribution in [0.15, 0.2) is 53.1 Å². The Kier molecular flexibility index (Phi) is 4.91. The van der Waals surface area contributed by atoms with Gasteiger partial charge in [0.25, 0.3) is 5.91 Å². The van der Waals surface area contributed by atoms with Crippen LogP contribution in [0.3, 0.4) is 0 Å². The van der Waals surface area contributed by atoms with E-state index >= 15 is 0 Å². The third-order valence-electron chi connectivity index (χ3n) is 4.17. The van der Waals surface area contributed by atoms with Crippen molar-refractivity contribution in [1.82, 2.24) is 5.16 Å². The normalized spacial score (nSPS) is 10.7. The summed E-state index contributed by atoms with van der Waals surface area (Å²) in [5, 5.41) is 4.63. The van der Waals surface area contributed by atoms with Gasteiger partial charge in [0.2, 0.25) is 0 Å². The zero-order valence-corrected chi connectivity index (χ0v) is 15.2. The summed E-state index contributed by atoms with van der Waals surface area (Å²) in [6, 6.07) is 15.1. The van der Waals surface area contributed by atoms with Gasteiger partial charge in [0.05, 0.1) is 5.02 Å². The molecule has 0 fully saturated rings. The predicted octanol–water partition coefficient (Wildman–Crippen LogP) is 5.28. The first-order valence-corrected chi connectivity index (χ1v) is 8.51. The molecule has 1 aromatic heterocycles. The second-order valence-corrected chi connectivity index (χ2v) is 6.19. The fraction of sp³-hybridized carbons (Fsp3) is 0.200. The number of benzene rings is 2. The van der Waals surface area contributed by atoms with Crippen molar-refractivity contribution >= 4 is 23.2 Å². The Bertz CT molecular complexity index is 918. The first-order chi connectivity index (χ1) is 12.0. The number of para-hydroxylation sites is 1. The number of anilines is 1. The Morgan fingerprint density at radius 1 is 1.12 bits per heavy atom. The summed E-state index contributed by atoms with van der Waals surface area (Å²) in [6.45, 7) is 6.21. The van der Waals surface area contributed by atoms with E-state index in [1.807, 2.05) is 56.3 Å². The predicted molar refractivity (Wildman–Crippen MR) is 100 cm³/mol. The largest absolute Gasteiger partial charge is 0.360 e. The highest BCUT2D eigenvalue weighted by Gasteiger charge is 2.27. The lowest BCUT2D eigenvalue weighted by Crippen LogP contribution is -2.31. The van der Waals surface area contributed by atoms with E-state index in [9.17, 15) is 4.79 Å². The molecule has 0 bridgehead atoms. The maximum Gasteiger partial charge on any atom is 0.264 e. The van der Waals surface area contributed by atoms with Gasteiger partial charge >= 0.3 is 0 Å². The summed E-state index contributed by atoms with van der Waals surface area (Å²) >= 11 is 6.29. The smallest absolute Gasteiger partial charge is 0.264 e. The Labute approximate surface area is 152 Å². The van der Waals surface area contributed by atoms with Gasteiger partial charge in [-0.3, -0.25) is 4.79 Å². The molecule has 0 aliphatic rings. The number of amides is 1. The molecule has 25 heavy (non-hydrogen) atoms. The van der Waals surface area contributed by atoms with Crippen molar-refractivity contribution in [3.8, 4) is 11.3 Å².